The number of rotatable bonds is 2. The van der Waals surface area contributed by atoms with E-state index >= 15 is 0 Å². The Morgan fingerprint density at radius 3 is 2.73 bits per heavy atom. The second-order valence-electron chi connectivity index (χ2n) is 2.97. The van der Waals surface area contributed by atoms with Gasteiger partial charge in [-0.25, -0.2) is 9.18 Å². The fourth-order valence-electron chi connectivity index (χ4n) is 1.24. The third kappa shape index (κ3) is 2.32. The first-order valence-corrected chi connectivity index (χ1v) is 5.64. The minimum atomic E-state index is -0.628. The molecule has 0 atom stereocenters. The van der Waals surface area contributed by atoms with E-state index in [0.29, 0.717) is 5.56 Å². The molecule has 0 unspecified atom stereocenters. The van der Waals surface area contributed by atoms with E-state index < -0.39 is 11.8 Å². The van der Waals surface area contributed by atoms with Gasteiger partial charge in [0.2, 0.25) is 0 Å². The molecule has 15 heavy (non-hydrogen) atoms. The first-order chi connectivity index (χ1) is 7.02. The molecule has 1 rings (SSSR count). The van der Waals surface area contributed by atoms with Crippen molar-refractivity contribution < 1.29 is 13.9 Å². The standard InChI is InChI=1S/C10H9BrClFO2/c1-5-3-7(13)6(4-11)8(9(5)12)10(14)15-2/h3H,4H2,1-2H3. The highest BCUT2D eigenvalue weighted by molar-refractivity contribution is 9.08. The van der Waals surface area contributed by atoms with E-state index in [1.165, 1.54) is 13.2 Å². The lowest BCUT2D eigenvalue weighted by atomic mass is 10.0. The van der Waals surface area contributed by atoms with Gasteiger partial charge in [-0.3, -0.25) is 0 Å². The van der Waals surface area contributed by atoms with Crippen LogP contribution in [0.4, 0.5) is 4.39 Å². The molecule has 0 bridgehead atoms. The molecule has 0 heterocycles. The van der Waals surface area contributed by atoms with Gasteiger partial charge in [-0.2, -0.15) is 0 Å². The van der Waals surface area contributed by atoms with Crippen molar-refractivity contribution in [3.05, 3.63) is 33.6 Å². The van der Waals surface area contributed by atoms with Gasteiger partial charge in [-0.05, 0) is 18.6 Å². The van der Waals surface area contributed by atoms with Crippen LogP contribution in [0.2, 0.25) is 5.02 Å². The van der Waals surface area contributed by atoms with Crippen LogP contribution in [0.25, 0.3) is 0 Å². The van der Waals surface area contributed by atoms with Gasteiger partial charge in [-0.15, -0.1) is 0 Å². The van der Waals surface area contributed by atoms with Crippen molar-refractivity contribution in [2.75, 3.05) is 7.11 Å². The van der Waals surface area contributed by atoms with Gasteiger partial charge in [0, 0.05) is 10.9 Å². The van der Waals surface area contributed by atoms with E-state index in [9.17, 15) is 9.18 Å². The summed E-state index contributed by atoms with van der Waals surface area (Å²) in [4.78, 5) is 11.4. The SMILES string of the molecule is COC(=O)c1c(Cl)c(C)cc(F)c1CBr. The first kappa shape index (κ1) is 12.5. The number of halogens is 3. The number of benzene rings is 1. The Hall–Kier alpha value is -0.610. The highest BCUT2D eigenvalue weighted by Gasteiger charge is 2.20. The maximum Gasteiger partial charge on any atom is 0.339 e. The maximum absolute atomic E-state index is 13.5. The van der Waals surface area contributed by atoms with Crippen molar-refractivity contribution in [2.24, 2.45) is 0 Å². The normalized spacial score (nSPS) is 10.2. The number of alkyl halides is 1. The number of carbonyl (C=O) groups is 1. The second-order valence-corrected chi connectivity index (χ2v) is 3.91. The summed E-state index contributed by atoms with van der Waals surface area (Å²) in [6.45, 7) is 1.63. The van der Waals surface area contributed by atoms with Crippen LogP contribution in [0, 0.1) is 12.7 Å². The molecule has 0 aliphatic heterocycles. The Balaban J connectivity index is 3.50. The van der Waals surface area contributed by atoms with Gasteiger partial charge in [0.15, 0.2) is 0 Å². The summed E-state index contributed by atoms with van der Waals surface area (Å²) in [5.41, 5.74) is 0.824. The average molecular weight is 296 g/mol. The van der Waals surface area contributed by atoms with Gasteiger partial charge in [-0.1, -0.05) is 27.5 Å². The average Bonchev–Trinajstić information content (AvgIpc) is 2.21. The van der Waals surface area contributed by atoms with E-state index in [1.807, 2.05) is 0 Å². The summed E-state index contributed by atoms with van der Waals surface area (Å²) in [7, 11) is 1.23. The zero-order valence-electron chi connectivity index (χ0n) is 8.23. The number of hydrogen-bond acceptors (Lipinski definition) is 2. The summed E-state index contributed by atoms with van der Waals surface area (Å²) in [5.74, 6) is -1.09. The van der Waals surface area contributed by atoms with E-state index in [4.69, 9.17) is 11.6 Å². The van der Waals surface area contributed by atoms with Crippen LogP contribution in [0.1, 0.15) is 21.5 Å². The summed E-state index contributed by atoms with van der Waals surface area (Å²) in [6.07, 6.45) is 0. The van der Waals surface area contributed by atoms with Crippen LogP contribution in [0.15, 0.2) is 6.07 Å². The minimum absolute atomic E-state index is 0.0912. The fourth-order valence-corrected chi connectivity index (χ4v) is 2.03. The fraction of sp³-hybridized carbons (Fsp3) is 0.300. The molecule has 0 spiro atoms. The number of hydrogen-bond donors (Lipinski definition) is 0. The lowest BCUT2D eigenvalue weighted by Gasteiger charge is -2.10. The molecule has 0 N–H and O–H groups in total. The van der Waals surface area contributed by atoms with Gasteiger partial charge in [0.25, 0.3) is 0 Å². The van der Waals surface area contributed by atoms with Crippen LogP contribution in [0.5, 0.6) is 0 Å². The van der Waals surface area contributed by atoms with Gasteiger partial charge >= 0.3 is 5.97 Å². The summed E-state index contributed by atoms with van der Waals surface area (Å²) >= 11 is 9.04. The van der Waals surface area contributed by atoms with Crippen LogP contribution in [0.3, 0.4) is 0 Å². The molecule has 0 aromatic heterocycles. The predicted molar refractivity (Wildman–Crippen MR) is 60.1 cm³/mol. The van der Waals surface area contributed by atoms with E-state index in [-0.39, 0.29) is 21.5 Å². The molecule has 1 aromatic carbocycles. The Morgan fingerprint density at radius 1 is 1.67 bits per heavy atom. The van der Waals surface area contributed by atoms with Crippen molar-refractivity contribution in [2.45, 2.75) is 12.3 Å². The van der Waals surface area contributed by atoms with Crippen molar-refractivity contribution in [1.29, 1.82) is 0 Å². The number of aryl methyl sites for hydroxylation is 1. The topological polar surface area (TPSA) is 26.3 Å². The quantitative estimate of drug-likeness (QED) is 0.617. The lowest BCUT2D eigenvalue weighted by Crippen LogP contribution is -2.09. The Labute approximate surface area is 101 Å². The van der Waals surface area contributed by atoms with Crippen molar-refractivity contribution >= 4 is 33.5 Å². The highest BCUT2D eigenvalue weighted by Crippen LogP contribution is 2.28. The summed E-state index contributed by atoms with van der Waals surface area (Å²) in [6, 6.07) is 1.30. The number of esters is 1. The summed E-state index contributed by atoms with van der Waals surface area (Å²) < 4.78 is 18.1. The zero-order valence-corrected chi connectivity index (χ0v) is 10.6. The van der Waals surface area contributed by atoms with E-state index in [1.54, 1.807) is 6.92 Å². The molecule has 82 valence electrons. The third-order valence-corrected chi connectivity index (χ3v) is 3.07. The maximum atomic E-state index is 13.5. The van der Waals surface area contributed by atoms with Crippen LogP contribution in [-0.4, -0.2) is 13.1 Å². The van der Waals surface area contributed by atoms with Crippen molar-refractivity contribution in [3.8, 4) is 0 Å². The highest BCUT2D eigenvalue weighted by atomic mass is 79.9. The molecule has 0 fully saturated rings. The Kier molecular flexibility index (Phi) is 4.11. The minimum Gasteiger partial charge on any atom is -0.465 e. The molecular formula is C10H9BrClFO2. The molecule has 0 saturated carbocycles. The zero-order chi connectivity index (χ0) is 11.6. The predicted octanol–water partition coefficient (Wildman–Crippen LogP) is 3.47. The molecule has 2 nitrogen and oxygen atoms in total. The van der Waals surface area contributed by atoms with Crippen LogP contribution >= 0.6 is 27.5 Å². The second kappa shape index (κ2) is 4.94. The molecule has 0 aliphatic carbocycles. The number of ether oxygens (including phenoxy) is 1. The molecule has 5 heteroatoms. The van der Waals surface area contributed by atoms with Crippen LogP contribution in [-0.2, 0) is 10.1 Å². The largest absolute Gasteiger partial charge is 0.465 e. The number of carbonyl (C=O) groups excluding carboxylic acids is 1. The molecule has 0 radical (unpaired) electrons. The molecule has 0 amide bonds. The lowest BCUT2D eigenvalue weighted by molar-refractivity contribution is 0.0599. The Morgan fingerprint density at radius 2 is 2.27 bits per heavy atom. The van der Waals surface area contributed by atoms with Crippen molar-refractivity contribution in [1.82, 2.24) is 0 Å². The van der Waals surface area contributed by atoms with Crippen molar-refractivity contribution in [3.63, 3.8) is 0 Å². The summed E-state index contributed by atoms with van der Waals surface area (Å²) in [5, 5.41) is 0.446. The first-order valence-electron chi connectivity index (χ1n) is 4.14. The Bertz CT molecular complexity index is 407. The third-order valence-electron chi connectivity index (χ3n) is 2.02. The monoisotopic (exact) mass is 294 g/mol. The van der Waals surface area contributed by atoms with Gasteiger partial charge < -0.3 is 4.74 Å². The van der Waals surface area contributed by atoms with Crippen LogP contribution < -0.4 is 0 Å². The molecule has 1 aromatic rings. The molecule has 0 aliphatic rings. The van der Waals surface area contributed by atoms with E-state index in [2.05, 4.69) is 20.7 Å². The molecular weight excluding hydrogens is 286 g/mol. The smallest absolute Gasteiger partial charge is 0.339 e. The van der Waals surface area contributed by atoms with Gasteiger partial charge in [0.05, 0.1) is 17.7 Å². The molecule has 0 saturated heterocycles. The van der Waals surface area contributed by atoms with Gasteiger partial charge in [0.1, 0.15) is 5.82 Å². The van der Waals surface area contributed by atoms with E-state index in [0.717, 1.165) is 0 Å². The number of methoxy groups -OCH3 is 1.